The molecule has 0 atom stereocenters. The van der Waals surface area contributed by atoms with Crippen molar-refractivity contribution >= 4 is 52.2 Å². The minimum absolute atomic E-state index is 0.0611. The number of thiazole rings is 1. The number of urea groups is 1. The molecule has 0 spiro atoms. The molecule has 0 bridgehead atoms. The molecule has 2 N–H and O–H groups in total. The zero-order valence-electron chi connectivity index (χ0n) is 15.4. The summed E-state index contributed by atoms with van der Waals surface area (Å²) in [5.74, 6) is -0.198. The summed E-state index contributed by atoms with van der Waals surface area (Å²) < 4.78 is 0. The van der Waals surface area contributed by atoms with E-state index in [2.05, 4.69) is 15.6 Å². The van der Waals surface area contributed by atoms with Gasteiger partial charge >= 0.3 is 6.03 Å². The highest BCUT2D eigenvalue weighted by molar-refractivity contribution is 7.09. The Morgan fingerprint density at radius 1 is 1.26 bits per heavy atom. The van der Waals surface area contributed by atoms with Gasteiger partial charge in [-0.05, 0) is 38.5 Å². The summed E-state index contributed by atoms with van der Waals surface area (Å²) in [6, 6.07) is 4.57. The van der Waals surface area contributed by atoms with E-state index in [1.807, 2.05) is 20.8 Å². The van der Waals surface area contributed by atoms with Crippen molar-refractivity contribution in [2.45, 2.75) is 39.8 Å². The smallest absolute Gasteiger partial charge is 0.322 e. The highest BCUT2D eigenvalue weighted by Crippen LogP contribution is 2.25. The number of hydrogen-bond donors (Lipinski definition) is 2. The molecule has 0 unspecified atom stereocenters. The molecule has 0 saturated heterocycles. The van der Waals surface area contributed by atoms with Crippen LogP contribution in [0.3, 0.4) is 0 Å². The number of nitrogens with one attached hydrogen (secondary N) is 2. The number of hydrogen-bond acceptors (Lipinski definition) is 4. The molecule has 3 amide bonds. The molecule has 0 aliphatic heterocycles. The van der Waals surface area contributed by atoms with E-state index in [1.54, 1.807) is 28.5 Å². The van der Waals surface area contributed by atoms with E-state index in [9.17, 15) is 9.59 Å². The molecule has 0 fully saturated rings. The molecule has 6 nitrogen and oxygen atoms in total. The van der Waals surface area contributed by atoms with E-state index in [-0.39, 0.29) is 18.0 Å². The van der Waals surface area contributed by atoms with Crippen molar-refractivity contribution in [1.82, 2.24) is 15.2 Å². The molecular formula is C18H22Cl2N4O2S. The van der Waals surface area contributed by atoms with Crippen molar-refractivity contribution in [2.24, 2.45) is 0 Å². The van der Waals surface area contributed by atoms with Gasteiger partial charge in [-0.1, -0.05) is 30.1 Å². The lowest BCUT2D eigenvalue weighted by atomic mass is 10.3. The predicted molar refractivity (Wildman–Crippen MR) is 111 cm³/mol. The van der Waals surface area contributed by atoms with Gasteiger partial charge in [0.2, 0.25) is 0 Å². The highest BCUT2D eigenvalue weighted by Gasteiger charge is 2.20. The zero-order chi connectivity index (χ0) is 20.0. The number of halogens is 2. The van der Waals surface area contributed by atoms with Gasteiger partial charge in [0, 0.05) is 23.7 Å². The quantitative estimate of drug-likeness (QED) is 0.648. The van der Waals surface area contributed by atoms with Gasteiger partial charge < -0.3 is 15.5 Å². The molecule has 0 saturated carbocycles. The van der Waals surface area contributed by atoms with Crippen LogP contribution < -0.4 is 10.6 Å². The van der Waals surface area contributed by atoms with Gasteiger partial charge in [0.1, 0.15) is 10.7 Å². The standard InChI is InChI=1S/C18H22Cl2N4O2S/c1-4-7-21-17(25)15-10-27-16(23-15)9-24(11(2)3)18(26)22-12-5-6-13(19)14(20)8-12/h5-6,8,10-11H,4,7,9H2,1-3H3,(H,21,25)(H,22,26). The van der Waals surface area contributed by atoms with E-state index in [4.69, 9.17) is 23.2 Å². The Kier molecular flexibility index (Phi) is 7.89. The zero-order valence-corrected chi connectivity index (χ0v) is 17.7. The summed E-state index contributed by atoms with van der Waals surface area (Å²) in [5.41, 5.74) is 0.927. The lowest BCUT2D eigenvalue weighted by molar-refractivity contribution is 0.0949. The van der Waals surface area contributed by atoms with Crippen LogP contribution in [0.5, 0.6) is 0 Å². The van der Waals surface area contributed by atoms with E-state index in [1.165, 1.54) is 11.3 Å². The normalized spacial score (nSPS) is 10.7. The predicted octanol–water partition coefficient (Wildman–Crippen LogP) is 5.03. The average molecular weight is 429 g/mol. The molecule has 0 aliphatic rings. The van der Waals surface area contributed by atoms with E-state index < -0.39 is 0 Å². The Bertz CT molecular complexity index is 810. The summed E-state index contributed by atoms with van der Waals surface area (Å²) >= 11 is 13.3. The lowest BCUT2D eigenvalue weighted by Crippen LogP contribution is -2.39. The van der Waals surface area contributed by atoms with E-state index in [0.29, 0.717) is 39.5 Å². The van der Waals surface area contributed by atoms with Gasteiger partial charge in [0.05, 0.1) is 16.6 Å². The van der Waals surface area contributed by atoms with Crippen molar-refractivity contribution in [3.63, 3.8) is 0 Å². The van der Waals surface area contributed by atoms with Gasteiger partial charge in [0.15, 0.2) is 0 Å². The third-order valence-electron chi connectivity index (χ3n) is 3.68. The second-order valence-electron chi connectivity index (χ2n) is 6.16. The first-order chi connectivity index (χ1) is 12.8. The van der Waals surface area contributed by atoms with Crippen LogP contribution in [-0.4, -0.2) is 34.4 Å². The second kappa shape index (κ2) is 9.92. The average Bonchev–Trinajstić information content (AvgIpc) is 3.09. The number of rotatable bonds is 7. The maximum Gasteiger partial charge on any atom is 0.322 e. The van der Waals surface area contributed by atoms with Crippen LogP contribution in [0.15, 0.2) is 23.6 Å². The monoisotopic (exact) mass is 428 g/mol. The third kappa shape index (κ3) is 6.09. The largest absolute Gasteiger partial charge is 0.351 e. The number of amides is 3. The fourth-order valence-corrected chi connectivity index (χ4v) is 3.29. The van der Waals surface area contributed by atoms with Gasteiger partial charge in [-0.3, -0.25) is 4.79 Å². The highest BCUT2D eigenvalue weighted by atomic mass is 35.5. The lowest BCUT2D eigenvalue weighted by Gasteiger charge is -2.26. The summed E-state index contributed by atoms with van der Waals surface area (Å²) in [6.45, 7) is 6.72. The van der Waals surface area contributed by atoms with Crippen molar-refractivity contribution in [3.05, 3.63) is 44.3 Å². The molecule has 9 heteroatoms. The molecular weight excluding hydrogens is 407 g/mol. The Balaban J connectivity index is 2.06. The van der Waals surface area contributed by atoms with Crippen molar-refractivity contribution in [1.29, 1.82) is 0 Å². The van der Waals surface area contributed by atoms with E-state index >= 15 is 0 Å². The van der Waals surface area contributed by atoms with Crippen LogP contribution in [0.4, 0.5) is 10.5 Å². The number of anilines is 1. The van der Waals surface area contributed by atoms with Gasteiger partial charge in [-0.25, -0.2) is 9.78 Å². The third-order valence-corrected chi connectivity index (χ3v) is 5.25. The maximum absolute atomic E-state index is 12.7. The molecule has 27 heavy (non-hydrogen) atoms. The van der Waals surface area contributed by atoms with Crippen LogP contribution in [0, 0.1) is 0 Å². The molecule has 1 aromatic heterocycles. The van der Waals surface area contributed by atoms with Crippen LogP contribution in [0.1, 0.15) is 42.7 Å². The topological polar surface area (TPSA) is 74.3 Å². The molecule has 1 heterocycles. The van der Waals surface area contributed by atoms with E-state index in [0.717, 1.165) is 6.42 Å². The summed E-state index contributed by atoms with van der Waals surface area (Å²) in [4.78, 5) is 30.6. The summed E-state index contributed by atoms with van der Waals surface area (Å²) in [7, 11) is 0. The fourth-order valence-electron chi connectivity index (χ4n) is 2.22. The number of carbonyl (C=O) groups excluding carboxylic acids is 2. The molecule has 2 aromatic rings. The first-order valence-electron chi connectivity index (χ1n) is 8.57. The van der Waals surface area contributed by atoms with Crippen LogP contribution >= 0.6 is 34.5 Å². The summed E-state index contributed by atoms with van der Waals surface area (Å²) in [5, 5.41) is 8.79. The number of nitrogens with zero attached hydrogens (tertiary/aromatic N) is 2. The number of carbonyl (C=O) groups is 2. The van der Waals surface area contributed by atoms with Crippen LogP contribution in [-0.2, 0) is 6.54 Å². The van der Waals surface area contributed by atoms with Gasteiger partial charge in [-0.15, -0.1) is 11.3 Å². The molecule has 1 aromatic carbocycles. The van der Waals surface area contributed by atoms with Crippen molar-refractivity contribution in [3.8, 4) is 0 Å². The molecule has 0 aliphatic carbocycles. The second-order valence-corrected chi connectivity index (χ2v) is 7.92. The fraction of sp³-hybridized carbons (Fsp3) is 0.389. The molecule has 0 radical (unpaired) electrons. The Morgan fingerprint density at radius 2 is 2.00 bits per heavy atom. The Morgan fingerprint density at radius 3 is 2.63 bits per heavy atom. The maximum atomic E-state index is 12.7. The number of benzene rings is 1. The minimum Gasteiger partial charge on any atom is -0.351 e. The SMILES string of the molecule is CCCNC(=O)c1csc(CN(C(=O)Nc2ccc(Cl)c(Cl)c2)C(C)C)n1. The minimum atomic E-state index is -0.282. The Hall–Kier alpha value is -1.83. The first-order valence-corrected chi connectivity index (χ1v) is 10.2. The molecule has 146 valence electrons. The van der Waals surface area contributed by atoms with Crippen molar-refractivity contribution in [2.75, 3.05) is 11.9 Å². The molecule has 2 rings (SSSR count). The van der Waals surface area contributed by atoms with Crippen LogP contribution in [0.25, 0.3) is 0 Å². The van der Waals surface area contributed by atoms with Crippen molar-refractivity contribution < 1.29 is 9.59 Å². The van der Waals surface area contributed by atoms with Gasteiger partial charge in [0.25, 0.3) is 5.91 Å². The van der Waals surface area contributed by atoms with Gasteiger partial charge in [-0.2, -0.15) is 0 Å². The summed E-state index contributed by atoms with van der Waals surface area (Å²) in [6.07, 6.45) is 0.860. The first kappa shape index (κ1) is 21.5. The Labute approximate surface area is 172 Å². The number of aromatic nitrogens is 1. The van der Waals surface area contributed by atoms with Crippen LogP contribution in [0.2, 0.25) is 10.0 Å².